The summed E-state index contributed by atoms with van der Waals surface area (Å²) in [5.41, 5.74) is 0.529. The number of aromatic nitrogens is 2. The van der Waals surface area contributed by atoms with Crippen molar-refractivity contribution in [2.45, 2.75) is 19.7 Å². The average molecular weight is 314 g/mol. The van der Waals surface area contributed by atoms with E-state index < -0.39 is 11.7 Å². The van der Waals surface area contributed by atoms with E-state index in [1.165, 1.54) is 12.1 Å². The first-order chi connectivity index (χ1) is 9.90. The van der Waals surface area contributed by atoms with Crippen molar-refractivity contribution in [2.24, 2.45) is 0 Å². The van der Waals surface area contributed by atoms with Crippen molar-refractivity contribution in [3.8, 4) is 11.3 Å². The minimum absolute atomic E-state index is 0.272. The summed E-state index contributed by atoms with van der Waals surface area (Å²) in [6.07, 6.45) is -4.34. The van der Waals surface area contributed by atoms with Crippen LogP contribution in [0, 0.1) is 4.64 Å². The molecule has 112 valence electrons. The molecule has 0 aliphatic heterocycles. The number of hydrogen-bond acceptors (Lipinski definition) is 3. The lowest BCUT2D eigenvalue weighted by Crippen LogP contribution is -2.04. The van der Waals surface area contributed by atoms with Crippen LogP contribution in [0.5, 0.6) is 0 Å². The zero-order valence-electron chi connectivity index (χ0n) is 11.2. The summed E-state index contributed by atoms with van der Waals surface area (Å²) in [6, 6.07) is 6.47. The van der Waals surface area contributed by atoms with Crippen LogP contribution in [0.1, 0.15) is 18.3 Å². The van der Waals surface area contributed by atoms with Gasteiger partial charge in [0.2, 0.25) is 0 Å². The number of nitrogens with one attached hydrogen (secondary N) is 1. The van der Waals surface area contributed by atoms with Gasteiger partial charge >= 0.3 is 6.18 Å². The first-order valence-corrected chi connectivity index (χ1v) is 6.66. The molecule has 21 heavy (non-hydrogen) atoms. The van der Waals surface area contributed by atoms with E-state index in [1.54, 1.807) is 6.07 Å². The fraction of sp³-hybridized carbons (Fsp3) is 0.286. The van der Waals surface area contributed by atoms with Crippen LogP contribution in [-0.4, -0.2) is 16.6 Å². The molecule has 0 bridgehead atoms. The van der Waals surface area contributed by atoms with E-state index in [1.807, 2.05) is 6.92 Å². The third-order valence-electron chi connectivity index (χ3n) is 2.76. The highest BCUT2D eigenvalue weighted by molar-refractivity contribution is 7.71. The van der Waals surface area contributed by atoms with Crippen LogP contribution < -0.4 is 0 Å². The fourth-order valence-corrected chi connectivity index (χ4v) is 2.00. The summed E-state index contributed by atoms with van der Waals surface area (Å²) < 4.78 is 43.2. The third-order valence-corrected chi connectivity index (χ3v) is 2.97. The van der Waals surface area contributed by atoms with E-state index in [4.69, 9.17) is 17.0 Å². The quantitative estimate of drug-likeness (QED) is 0.852. The van der Waals surface area contributed by atoms with Crippen molar-refractivity contribution in [2.75, 3.05) is 6.61 Å². The maximum absolute atomic E-state index is 12.5. The SMILES string of the molecule is CCOCc1nc(=S)cc(-c2ccc(C(F)(F)F)cc2)[nH]1. The molecule has 0 saturated carbocycles. The fourth-order valence-electron chi connectivity index (χ4n) is 1.77. The largest absolute Gasteiger partial charge is 0.416 e. The molecule has 2 aromatic rings. The molecule has 0 aliphatic carbocycles. The van der Waals surface area contributed by atoms with Gasteiger partial charge in [0.1, 0.15) is 17.1 Å². The second-order valence-electron chi connectivity index (χ2n) is 4.29. The lowest BCUT2D eigenvalue weighted by Gasteiger charge is -2.09. The Morgan fingerprint density at radius 1 is 1.24 bits per heavy atom. The highest BCUT2D eigenvalue weighted by Crippen LogP contribution is 2.30. The zero-order valence-corrected chi connectivity index (χ0v) is 12.0. The highest BCUT2D eigenvalue weighted by atomic mass is 32.1. The lowest BCUT2D eigenvalue weighted by atomic mass is 10.1. The lowest BCUT2D eigenvalue weighted by molar-refractivity contribution is -0.137. The maximum Gasteiger partial charge on any atom is 0.416 e. The molecule has 0 aliphatic rings. The molecule has 0 saturated heterocycles. The zero-order chi connectivity index (χ0) is 15.5. The maximum atomic E-state index is 12.5. The number of benzene rings is 1. The number of rotatable bonds is 4. The summed E-state index contributed by atoms with van der Waals surface area (Å²) in [7, 11) is 0. The Balaban J connectivity index is 2.33. The first-order valence-electron chi connectivity index (χ1n) is 6.26. The Hall–Kier alpha value is -1.73. The van der Waals surface area contributed by atoms with Crippen molar-refractivity contribution < 1.29 is 17.9 Å². The van der Waals surface area contributed by atoms with Crippen LogP contribution in [0.4, 0.5) is 13.2 Å². The Morgan fingerprint density at radius 3 is 2.48 bits per heavy atom. The minimum atomic E-state index is -4.34. The molecular formula is C14H13F3N2OS. The van der Waals surface area contributed by atoms with Gasteiger partial charge in [0.15, 0.2) is 0 Å². The predicted molar refractivity (Wildman–Crippen MR) is 75.2 cm³/mol. The van der Waals surface area contributed by atoms with Gasteiger partial charge in [-0.25, -0.2) is 4.98 Å². The molecule has 2 rings (SSSR count). The molecule has 3 nitrogen and oxygen atoms in total. The molecule has 1 heterocycles. The Morgan fingerprint density at radius 2 is 1.90 bits per heavy atom. The molecule has 1 N–H and O–H groups in total. The highest BCUT2D eigenvalue weighted by Gasteiger charge is 2.29. The summed E-state index contributed by atoms with van der Waals surface area (Å²) in [5, 5.41) is 0. The summed E-state index contributed by atoms with van der Waals surface area (Å²) in [6.45, 7) is 2.66. The van der Waals surface area contributed by atoms with Gasteiger partial charge in [-0.2, -0.15) is 13.2 Å². The number of ether oxygens (including phenoxy) is 1. The molecule has 0 fully saturated rings. The number of H-pyrrole nitrogens is 1. The van der Waals surface area contributed by atoms with Gasteiger partial charge in [0, 0.05) is 12.3 Å². The van der Waals surface area contributed by atoms with E-state index in [0.717, 1.165) is 12.1 Å². The van der Waals surface area contributed by atoms with Crippen LogP contribution in [0.25, 0.3) is 11.3 Å². The smallest absolute Gasteiger partial charge is 0.374 e. The molecule has 7 heteroatoms. The van der Waals surface area contributed by atoms with E-state index in [2.05, 4.69) is 9.97 Å². The van der Waals surface area contributed by atoms with E-state index in [-0.39, 0.29) is 6.61 Å². The Bertz CT molecular complexity index is 665. The third kappa shape index (κ3) is 4.12. The van der Waals surface area contributed by atoms with E-state index in [9.17, 15) is 13.2 Å². The molecule has 1 aromatic heterocycles. The monoisotopic (exact) mass is 314 g/mol. The summed E-state index contributed by atoms with van der Waals surface area (Å²) in [5.74, 6) is 0.541. The van der Waals surface area contributed by atoms with Crippen molar-refractivity contribution in [3.05, 3.63) is 46.4 Å². The Labute approximate surface area is 124 Å². The van der Waals surface area contributed by atoms with Crippen LogP contribution in [-0.2, 0) is 17.5 Å². The normalized spacial score (nSPS) is 11.6. The molecular weight excluding hydrogens is 301 g/mol. The average Bonchev–Trinajstić information content (AvgIpc) is 2.44. The summed E-state index contributed by atoms with van der Waals surface area (Å²) >= 11 is 5.06. The van der Waals surface area contributed by atoms with E-state index in [0.29, 0.717) is 28.3 Å². The van der Waals surface area contributed by atoms with Gasteiger partial charge in [-0.15, -0.1) is 0 Å². The van der Waals surface area contributed by atoms with E-state index >= 15 is 0 Å². The van der Waals surface area contributed by atoms with Crippen molar-refractivity contribution in [1.82, 2.24) is 9.97 Å². The molecule has 0 atom stereocenters. The standard InChI is InChI=1S/C14H13F3N2OS/c1-2-20-8-12-18-11(7-13(21)19-12)9-3-5-10(6-4-9)14(15,16)17/h3-7H,2,8H2,1H3,(H,18,19,21). The minimum Gasteiger partial charge on any atom is -0.374 e. The number of hydrogen-bond donors (Lipinski definition) is 1. The first kappa shape index (κ1) is 15.7. The van der Waals surface area contributed by atoms with Crippen LogP contribution in [0.2, 0.25) is 0 Å². The second-order valence-corrected chi connectivity index (χ2v) is 4.71. The summed E-state index contributed by atoms with van der Waals surface area (Å²) in [4.78, 5) is 7.12. The van der Waals surface area contributed by atoms with Gasteiger partial charge in [-0.1, -0.05) is 24.4 Å². The topological polar surface area (TPSA) is 37.9 Å². The molecule has 0 spiro atoms. The predicted octanol–water partition coefficient (Wildman–Crippen LogP) is 4.36. The van der Waals surface area contributed by atoms with Gasteiger partial charge in [-0.3, -0.25) is 0 Å². The van der Waals surface area contributed by atoms with Gasteiger partial charge in [0.25, 0.3) is 0 Å². The van der Waals surface area contributed by atoms with Crippen molar-refractivity contribution in [3.63, 3.8) is 0 Å². The number of halogens is 3. The van der Waals surface area contributed by atoms with Crippen molar-refractivity contribution in [1.29, 1.82) is 0 Å². The molecule has 1 aromatic carbocycles. The molecule has 0 unspecified atom stereocenters. The Kier molecular flexibility index (Phi) is 4.74. The number of aromatic amines is 1. The second kappa shape index (κ2) is 6.36. The molecule has 0 radical (unpaired) electrons. The van der Waals surface area contributed by atoms with Gasteiger partial charge in [0.05, 0.1) is 5.56 Å². The van der Waals surface area contributed by atoms with Crippen molar-refractivity contribution >= 4 is 12.2 Å². The van der Waals surface area contributed by atoms with Gasteiger partial charge < -0.3 is 9.72 Å². The van der Waals surface area contributed by atoms with Crippen LogP contribution in [0.15, 0.2) is 30.3 Å². The molecule has 0 amide bonds. The number of nitrogens with zero attached hydrogens (tertiary/aromatic N) is 1. The van der Waals surface area contributed by atoms with Gasteiger partial charge in [-0.05, 0) is 30.7 Å². The van der Waals surface area contributed by atoms with Crippen LogP contribution >= 0.6 is 12.2 Å². The van der Waals surface area contributed by atoms with Crippen LogP contribution in [0.3, 0.4) is 0 Å². The number of alkyl halides is 3.